The Morgan fingerprint density at radius 1 is 1.35 bits per heavy atom. The first-order valence-corrected chi connectivity index (χ1v) is 8.00. The maximum atomic E-state index is 9.60. The number of hydrogen-bond donors (Lipinski definition) is 2. The summed E-state index contributed by atoms with van der Waals surface area (Å²) < 4.78 is 0. The summed E-state index contributed by atoms with van der Waals surface area (Å²) in [5.41, 5.74) is 2.27. The highest BCUT2D eigenvalue weighted by Gasteiger charge is 2.21. The zero-order chi connectivity index (χ0) is 14.4. The van der Waals surface area contributed by atoms with E-state index in [1.807, 2.05) is 6.07 Å². The summed E-state index contributed by atoms with van der Waals surface area (Å²) in [6.45, 7) is 5.06. The number of nitrogens with one attached hydrogen (secondary N) is 1. The third kappa shape index (κ3) is 3.87. The number of hydrogen-bond acceptors (Lipinski definition) is 3. The molecule has 0 aromatic heterocycles. The average molecular weight is 297 g/mol. The first-order valence-electron chi connectivity index (χ1n) is 7.63. The quantitative estimate of drug-likeness (QED) is 0.876. The SMILES string of the molecule is CCNCc1ccc(N2CCCCCC2CO)cc1Cl. The van der Waals surface area contributed by atoms with Crippen molar-refractivity contribution in [3.8, 4) is 0 Å². The van der Waals surface area contributed by atoms with Crippen LogP contribution in [0.1, 0.15) is 38.2 Å². The van der Waals surface area contributed by atoms with Crippen molar-refractivity contribution in [2.24, 2.45) is 0 Å². The van der Waals surface area contributed by atoms with E-state index >= 15 is 0 Å². The van der Waals surface area contributed by atoms with Gasteiger partial charge in [-0.2, -0.15) is 0 Å². The third-order valence-electron chi connectivity index (χ3n) is 4.02. The number of anilines is 1. The molecule has 0 spiro atoms. The summed E-state index contributed by atoms with van der Waals surface area (Å²) in [4.78, 5) is 2.32. The summed E-state index contributed by atoms with van der Waals surface area (Å²) >= 11 is 6.39. The van der Waals surface area contributed by atoms with Gasteiger partial charge in [0.2, 0.25) is 0 Å². The van der Waals surface area contributed by atoms with Crippen molar-refractivity contribution in [3.05, 3.63) is 28.8 Å². The molecule has 0 saturated carbocycles. The number of halogens is 1. The third-order valence-corrected chi connectivity index (χ3v) is 4.37. The Balaban J connectivity index is 2.16. The number of rotatable bonds is 5. The van der Waals surface area contributed by atoms with Crippen molar-refractivity contribution in [2.45, 2.75) is 45.2 Å². The van der Waals surface area contributed by atoms with E-state index in [-0.39, 0.29) is 12.6 Å². The van der Waals surface area contributed by atoms with Crippen molar-refractivity contribution in [1.82, 2.24) is 5.32 Å². The molecule has 0 aliphatic carbocycles. The molecule has 3 nitrogen and oxygen atoms in total. The normalized spacial score (nSPS) is 19.9. The minimum atomic E-state index is 0.219. The van der Waals surface area contributed by atoms with Crippen LogP contribution in [-0.4, -0.2) is 30.8 Å². The van der Waals surface area contributed by atoms with Gasteiger partial charge in [-0.1, -0.05) is 37.4 Å². The summed E-state index contributed by atoms with van der Waals surface area (Å²) in [5, 5.41) is 13.7. The van der Waals surface area contributed by atoms with Gasteiger partial charge in [-0.25, -0.2) is 0 Å². The van der Waals surface area contributed by atoms with Crippen LogP contribution in [0, 0.1) is 0 Å². The van der Waals surface area contributed by atoms with Gasteiger partial charge in [0.05, 0.1) is 12.6 Å². The van der Waals surface area contributed by atoms with Crippen LogP contribution < -0.4 is 10.2 Å². The first-order chi connectivity index (χ1) is 9.76. The van der Waals surface area contributed by atoms with Crippen LogP contribution in [0.25, 0.3) is 0 Å². The van der Waals surface area contributed by atoms with Crippen molar-refractivity contribution in [2.75, 3.05) is 24.6 Å². The first kappa shape index (κ1) is 15.6. The second kappa shape index (κ2) is 7.87. The van der Waals surface area contributed by atoms with E-state index in [0.717, 1.165) is 42.3 Å². The maximum Gasteiger partial charge on any atom is 0.0635 e. The average Bonchev–Trinajstić information content (AvgIpc) is 2.71. The topological polar surface area (TPSA) is 35.5 Å². The van der Waals surface area contributed by atoms with Gasteiger partial charge in [0.25, 0.3) is 0 Å². The smallest absolute Gasteiger partial charge is 0.0635 e. The largest absolute Gasteiger partial charge is 0.394 e. The molecule has 0 radical (unpaired) electrons. The molecule has 1 heterocycles. The minimum absolute atomic E-state index is 0.219. The van der Waals surface area contributed by atoms with E-state index < -0.39 is 0 Å². The Bertz CT molecular complexity index is 425. The molecule has 1 aliphatic rings. The molecule has 112 valence electrons. The fourth-order valence-corrected chi connectivity index (χ4v) is 3.07. The van der Waals surface area contributed by atoms with Gasteiger partial charge in [-0.3, -0.25) is 0 Å². The standard InChI is InChI=1S/C16H25ClN2O/c1-2-18-11-13-7-8-14(10-16(13)17)19-9-5-3-4-6-15(19)12-20/h7-8,10,15,18,20H,2-6,9,11-12H2,1H3. The Kier molecular flexibility index (Phi) is 6.14. The highest BCUT2D eigenvalue weighted by atomic mass is 35.5. The lowest BCUT2D eigenvalue weighted by Gasteiger charge is -2.31. The molecular formula is C16H25ClN2O. The second-order valence-corrected chi connectivity index (χ2v) is 5.84. The molecule has 0 amide bonds. The lowest BCUT2D eigenvalue weighted by molar-refractivity contribution is 0.255. The zero-order valence-corrected chi connectivity index (χ0v) is 13.0. The Morgan fingerprint density at radius 3 is 2.90 bits per heavy atom. The van der Waals surface area contributed by atoms with Gasteiger partial charge < -0.3 is 15.3 Å². The minimum Gasteiger partial charge on any atom is -0.394 e. The highest BCUT2D eigenvalue weighted by molar-refractivity contribution is 6.31. The fraction of sp³-hybridized carbons (Fsp3) is 0.625. The van der Waals surface area contributed by atoms with Crippen LogP contribution in [0.2, 0.25) is 5.02 Å². The Labute approximate surface area is 126 Å². The van der Waals surface area contributed by atoms with Gasteiger partial charge in [-0.15, -0.1) is 0 Å². The molecule has 4 heteroatoms. The lowest BCUT2D eigenvalue weighted by Crippen LogP contribution is -2.37. The summed E-state index contributed by atoms with van der Waals surface area (Å²) in [6.07, 6.45) is 4.70. The van der Waals surface area contributed by atoms with E-state index in [2.05, 4.69) is 29.3 Å². The van der Waals surface area contributed by atoms with Crippen LogP contribution in [-0.2, 0) is 6.54 Å². The van der Waals surface area contributed by atoms with Crippen molar-refractivity contribution >= 4 is 17.3 Å². The van der Waals surface area contributed by atoms with E-state index in [9.17, 15) is 5.11 Å². The molecule has 2 rings (SSSR count). The van der Waals surface area contributed by atoms with Gasteiger partial charge in [0.1, 0.15) is 0 Å². The molecule has 1 aromatic carbocycles. The number of aliphatic hydroxyl groups excluding tert-OH is 1. The summed E-state index contributed by atoms with van der Waals surface area (Å²) in [6, 6.07) is 6.50. The molecule has 1 atom stereocenters. The van der Waals surface area contributed by atoms with Crippen LogP contribution in [0.4, 0.5) is 5.69 Å². The Morgan fingerprint density at radius 2 is 2.20 bits per heavy atom. The Hall–Kier alpha value is -0.770. The molecule has 1 aromatic rings. The maximum absolute atomic E-state index is 9.60. The molecular weight excluding hydrogens is 272 g/mol. The molecule has 1 saturated heterocycles. The van der Waals surface area contributed by atoms with E-state index in [4.69, 9.17) is 11.6 Å². The monoisotopic (exact) mass is 296 g/mol. The predicted octanol–water partition coefficient (Wildman–Crippen LogP) is 3.19. The highest BCUT2D eigenvalue weighted by Crippen LogP contribution is 2.28. The van der Waals surface area contributed by atoms with Crippen molar-refractivity contribution < 1.29 is 5.11 Å². The molecule has 1 fully saturated rings. The summed E-state index contributed by atoms with van der Waals surface area (Å²) in [5.74, 6) is 0. The van der Waals surface area contributed by atoms with E-state index in [1.165, 1.54) is 19.3 Å². The van der Waals surface area contributed by atoms with Gasteiger partial charge in [0.15, 0.2) is 0 Å². The molecule has 20 heavy (non-hydrogen) atoms. The predicted molar refractivity (Wildman–Crippen MR) is 85.5 cm³/mol. The summed E-state index contributed by atoms with van der Waals surface area (Å²) in [7, 11) is 0. The fourth-order valence-electron chi connectivity index (χ4n) is 2.82. The van der Waals surface area contributed by atoms with Crippen LogP contribution in [0.5, 0.6) is 0 Å². The lowest BCUT2D eigenvalue weighted by atomic mass is 10.1. The zero-order valence-electron chi connectivity index (χ0n) is 12.2. The number of nitrogens with zero attached hydrogens (tertiary/aromatic N) is 1. The van der Waals surface area contributed by atoms with E-state index in [0.29, 0.717) is 0 Å². The van der Waals surface area contributed by atoms with Gasteiger partial charge in [0, 0.05) is 23.8 Å². The van der Waals surface area contributed by atoms with Crippen molar-refractivity contribution in [1.29, 1.82) is 0 Å². The molecule has 0 bridgehead atoms. The molecule has 2 N–H and O–H groups in total. The van der Waals surface area contributed by atoms with Crippen molar-refractivity contribution in [3.63, 3.8) is 0 Å². The molecule has 1 aliphatic heterocycles. The van der Waals surface area contributed by atoms with Crippen LogP contribution in [0.3, 0.4) is 0 Å². The van der Waals surface area contributed by atoms with Crippen LogP contribution >= 0.6 is 11.6 Å². The second-order valence-electron chi connectivity index (χ2n) is 5.44. The van der Waals surface area contributed by atoms with E-state index in [1.54, 1.807) is 0 Å². The van der Waals surface area contributed by atoms with Crippen LogP contribution in [0.15, 0.2) is 18.2 Å². The molecule has 1 unspecified atom stereocenters. The number of aliphatic hydroxyl groups is 1. The number of benzene rings is 1. The van der Waals surface area contributed by atoms with Gasteiger partial charge in [-0.05, 0) is 37.1 Å². The van der Waals surface area contributed by atoms with Gasteiger partial charge >= 0.3 is 0 Å².